The van der Waals surface area contributed by atoms with E-state index in [-0.39, 0.29) is 0 Å². The zero-order valence-corrected chi connectivity index (χ0v) is 16.0. The molecule has 1 aliphatic heterocycles. The molecule has 1 aliphatic carbocycles. The van der Waals surface area contributed by atoms with Crippen LogP contribution in [0.15, 0.2) is 18.7 Å². The molecule has 3 rings (SSSR count). The van der Waals surface area contributed by atoms with Gasteiger partial charge in [0.2, 0.25) is 0 Å². The molecule has 1 aromatic carbocycles. The molecule has 24 heavy (non-hydrogen) atoms. The van der Waals surface area contributed by atoms with E-state index in [1.807, 2.05) is 0 Å². The summed E-state index contributed by atoms with van der Waals surface area (Å²) in [6.45, 7) is 9.86. The summed E-state index contributed by atoms with van der Waals surface area (Å²) in [7, 11) is 0. The number of hydrogen-bond acceptors (Lipinski definition) is 0. The quantitative estimate of drug-likeness (QED) is 0.382. The van der Waals surface area contributed by atoms with Crippen molar-refractivity contribution in [3.8, 4) is 0 Å². The molecule has 0 nitrogen and oxygen atoms in total. The first-order valence-corrected chi connectivity index (χ1v) is 10.5. The fourth-order valence-corrected chi connectivity index (χ4v) is 5.15. The van der Waals surface area contributed by atoms with Crippen molar-refractivity contribution in [3.63, 3.8) is 0 Å². The van der Waals surface area contributed by atoms with Crippen LogP contribution in [-0.2, 0) is 6.42 Å². The van der Waals surface area contributed by atoms with Gasteiger partial charge in [-0.2, -0.15) is 0 Å². The Morgan fingerprint density at radius 1 is 1.12 bits per heavy atom. The van der Waals surface area contributed by atoms with Crippen LogP contribution >= 0.6 is 0 Å². The van der Waals surface area contributed by atoms with Gasteiger partial charge in [0.05, 0.1) is 0 Å². The second-order valence-corrected chi connectivity index (χ2v) is 8.46. The van der Waals surface area contributed by atoms with Crippen molar-refractivity contribution in [2.75, 3.05) is 0 Å². The summed E-state index contributed by atoms with van der Waals surface area (Å²) in [5.41, 5.74) is 7.54. The first-order chi connectivity index (χ1) is 11.7. The second-order valence-electron chi connectivity index (χ2n) is 8.46. The Hall–Kier alpha value is -0.975. The lowest BCUT2D eigenvalue weighted by atomic mass is 9.47. The largest absolute Gasteiger partial charge is 0.173 e. The van der Waals surface area contributed by atoms with Gasteiger partial charge in [0, 0.05) is 0 Å². The van der Waals surface area contributed by atoms with Gasteiger partial charge in [-0.25, -0.2) is 0 Å². The molecule has 130 valence electrons. The third kappa shape index (κ3) is 4.16. The van der Waals surface area contributed by atoms with Crippen LogP contribution in [0.2, 0.25) is 13.1 Å². The summed E-state index contributed by atoms with van der Waals surface area (Å²) in [5.74, 6) is 1.07. The Bertz CT molecular complexity index is 566. The van der Waals surface area contributed by atoms with Crippen LogP contribution in [0.25, 0.3) is 5.57 Å². The molecule has 2 aliphatic rings. The summed E-state index contributed by atoms with van der Waals surface area (Å²) in [6, 6.07) is 4.71. The highest BCUT2D eigenvalue weighted by Crippen LogP contribution is 2.30. The summed E-state index contributed by atoms with van der Waals surface area (Å²) in [5, 5.41) is 0. The number of fused-ring (bicyclic) bond motifs is 1. The monoisotopic (exact) mass is 322 g/mol. The van der Waals surface area contributed by atoms with Gasteiger partial charge in [0.1, 0.15) is 0 Å². The van der Waals surface area contributed by atoms with Crippen molar-refractivity contribution in [3.05, 3.63) is 35.4 Å². The van der Waals surface area contributed by atoms with Crippen LogP contribution in [0, 0.1) is 12.8 Å². The van der Waals surface area contributed by atoms with E-state index in [9.17, 15) is 0 Å². The Labute approximate surface area is 150 Å². The molecular formula is C23H35B. The maximum absolute atomic E-state index is 4.42. The van der Waals surface area contributed by atoms with Gasteiger partial charge >= 0.3 is 0 Å². The fraction of sp³-hybridized carbons (Fsp3) is 0.652. The summed E-state index contributed by atoms with van der Waals surface area (Å²) < 4.78 is 0. The van der Waals surface area contributed by atoms with E-state index in [2.05, 4.69) is 32.5 Å². The number of allylic oxidation sites excluding steroid dienone is 1. The lowest BCUT2D eigenvalue weighted by Gasteiger charge is -2.15. The van der Waals surface area contributed by atoms with Gasteiger partial charge in [0.25, 0.3) is 0 Å². The first kappa shape index (κ1) is 17.8. The lowest BCUT2D eigenvalue weighted by Crippen LogP contribution is -2.26. The Morgan fingerprint density at radius 2 is 1.88 bits per heavy atom. The number of hydrogen-bond donors (Lipinski definition) is 0. The van der Waals surface area contributed by atoms with E-state index in [0.29, 0.717) is 0 Å². The van der Waals surface area contributed by atoms with Crippen molar-refractivity contribution in [1.82, 2.24) is 0 Å². The maximum atomic E-state index is 4.42. The topological polar surface area (TPSA) is 0 Å². The molecule has 0 radical (unpaired) electrons. The van der Waals surface area contributed by atoms with E-state index in [0.717, 1.165) is 12.6 Å². The van der Waals surface area contributed by atoms with Gasteiger partial charge in [-0.05, 0) is 48.8 Å². The lowest BCUT2D eigenvalue weighted by molar-refractivity contribution is 0.465. The predicted molar refractivity (Wildman–Crippen MR) is 110 cm³/mol. The average molecular weight is 322 g/mol. The third-order valence-electron chi connectivity index (χ3n) is 6.64. The normalized spacial score (nSPS) is 17.5. The highest BCUT2D eigenvalue weighted by Gasteiger charge is 2.24. The molecule has 1 heterocycles. The molecule has 0 saturated heterocycles. The second kappa shape index (κ2) is 8.41. The molecule has 0 unspecified atom stereocenters. The van der Waals surface area contributed by atoms with Crippen molar-refractivity contribution >= 4 is 17.7 Å². The molecule has 0 spiro atoms. The SMILES string of the molecule is C=C(CCCCCCC1CCCC1)c1ccc2c(c1C)B(C)CC2. The molecule has 0 amide bonds. The van der Waals surface area contributed by atoms with Crippen LogP contribution in [-0.4, -0.2) is 6.71 Å². The van der Waals surface area contributed by atoms with Crippen LogP contribution in [0.3, 0.4) is 0 Å². The molecular weight excluding hydrogens is 287 g/mol. The van der Waals surface area contributed by atoms with Gasteiger partial charge in [-0.1, -0.05) is 94.2 Å². The molecule has 1 aromatic rings. The van der Waals surface area contributed by atoms with Crippen LogP contribution in [0.5, 0.6) is 0 Å². The van der Waals surface area contributed by atoms with E-state index in [1.54, 1.807) is 11.0 Å². The Balaban J connectivity index is 1.41. The van der Waals surface area contributed by atoms with Crippen LogP contribution < -0.4 is 5.46 Å². The zero-order valence-electron chi connectivity index (χ0n) is 16.0. The number of aryl methyl sites for hydroxylation is 1. The van der Waals surface area contributed by atoms with Crippen LogP contribution in [0.4, 0.5) is 0 Å². The average Bonchev–Trinajstić information content (AvgIpc) is 3.21. The molecule has 0 aromatic heterocycles. The van der Waals surface area contributed by atoms with Crippen molar-refractivity contribution in [1.29, 1.82) is 0 Å². The van der Waals surface area contributed by atoms with Gasteiger partial charge in [0.15, 0.2) is 6.71 Å². The Kier molecular flexibility index (Phi) is 6.25. The van der Waals surface area contributed by atoms with Crippen molar-refractivity contribution in [2.24, 2.45) is 5.92 Å². The minimum atomic E-state index is 0.739. The summed E-state index contributed by atoms with van der Waals surface area (Å²) >= 11 is 0. The maximum Gasteiger partial charge on any atom is 0.173 e. The van der Waals surface area contributed by atoms with Gasteiger partial charge in [-0.15, -0.1) is 0 Å². The molecule has 0 N–H and O–H groups in total. The molecule has 1 heteroatoms. The first-order valence-electron chi connectivity index (χ1n) is 10.5. The van der Waals surface area contributed by atoms with Crippen molar-refractivity contribution in [2.45, 2.75) is 90.7 Å². The van der Waals surface area contributed by atoms with E-state index >= 15 is 0 Å². The molecule has 1 saturated carbocycles. The highest BCUT2D eigenvalue weighted by molar-refractivity contribution is 6.74. The minimum absolute atomic E-state index is 0.739. The highest BCUT2D eigenvalue weighted by atomic mass is 14.2. The fourth-order valence-electron chi connectivity index (χ4n) is 5.15. The number of unbranched alkanes of at least 4 members (excludes halogenated alkanes) is 3. The minimum Gasteiger partial charge on any atom is -0.0952 e. The van der Waals surface area contributed by atoms with Gasteiger partial charge in [-0.3, -0.25) is 0 Å². The van der Waals surface area contributed by atoms with E-state index < -0.39 is 0 Å². The third-order valence-corrected chi connectivity index (χ3v) is 6.64. The van der Waals surface area contributed by atoms with E-state index in [4.69, 9.17) is 0 Å². The Morgan fingerprint density at radius 3 is 2.67 bits per heavy atom. The number of benzene rings is 1. The summed E-state index contributed by atoms with van der Waals surface area (Å²) in [4.78, 5) is 0. The van der Waals surface area contributed by atoms with Crippen LogP contribution in [0.1, 0.15) is 80.9 Å². The standard InChI is InChI=1S/C23H35B/c1-18(10-6-4-5-7-11-20-12-8-9-13-20)22-15-14-21-16-17-24(3)23(21)19(22)2/h14-15,20H,1,4-13,16-17H2,2-3H3. The zero-order chi connectivity index (χ0) is 16.9. The smallest absolute Gasteiger partial charge is 0.0952 e. The number of rotatable bonds is 8. The van der Waals surface area contributed by atoms with E-state index in [1.165, 1.54) is 93.6 Å². The molecule has 1 fully saturated rings. The van der Waals surface area contributed by atoms with Gasteiger partial charge < -0.3 is 0 Å². The van der Waals surface area contributed by atoms with Crippen molar-refractivity contribution < 1.29 is 0 Å². The molecule has 0 bridgehead atoms. The predicted octanol–water partition coefficient (Wildman–Crippen LogP) is 6.43. The molecule has 0 atom stereocenters. The summed E-state index contributed by atoms with van der Waals surface area (Å²) in [6.07, 6.45) is 16.8.